The van der Waals surface area contributed by atoms with Crippen LogP contribution in [0.4, 0.5) is 0 Å². The summed E-state index contributed by atoms with van der Waals surface area (Å²) in [6, 6.07) is 0.382. The van der Waals surface area contributed by atoms with Crippen molar-refractivity contribution in [3.05, 3.63) is 0 Å². The second-order valence-corrected chi connectivity index (χ2v) is 5.84. The molecule has 0 aromatic rings. The summed E-state index contributed by atoms with van der Waals surface area (Å²) in [4.78, 5) is 13.2. The number of primary sulfonamides is 1. The van der Waals surface area contributed by atoms with E-state index in [1.807, 2.05) is 0 Å². The standard InChI is InChI=1S/C8H14N2O3S/c9-14(12,13)5-6-3-8(11)10(4-6)7-1-2-7/h6-7H,1-5H2,(H2,9,12,13). The summed E-state index contributed by atoms with van der Waals surface area (Å²) < 4.78 is 21.7. The van der Waals surface area contributed by atoms with E-state index in [1.54, 1.807) is 4.90 Å². The molecule has 80 valence electrons. The molecule has 1 aliphatic carbocycles. The molecule has 0 spiro atoms. The zero-order valence-corrected chi connectivity index (χ0v) is 8.66. The average Bonchev–Trinajstić information content (AvgIpc) is 2.75. The van der Waals surface area contributed by atoms with Crippen LogP contribution < -0.4 is 5.14 Å². The molecule has 5 nitrogen and oxygen atoms in total. The van der Waals surface area contributed by atoms with Crippen molar-refractivity contribution in [1.29, 1.82) is 0 Å². The quantitative estimate of drug-likeness (QED) is 0.679. The highest BCUT2D eigenvalue weighted by Gasteiger charge is 2.40. The molecule has 2 fully saturated rings. The van der Waals surface area contributed by atoms with E-state index in [1.165, 1.54) is 0 Å². The number of sulfonamides is 1. The van der Waals surface area contributed by atoms with Gasteiger partial charge in [-0.2, -0.15) is 0 Å². The van der Waals surface area contributed by atoms with E-state index in [-0.39, 0.29) is 17.6 Å². The smallest absolute Gasteiger partial charge is 0.223 e. The molecule has 1 unspecified atom stereocenters. The predicted octanol–water partition coefficient (Wildman–Crippen LogP) is -0.714. The van der Waals surface area contributed by atoms with E-state index in [0.717, 1.165) is 12.8 Å². The van der Waals surface area contributed by atoms with Crippen LogP contribution in [0.5, 0.6) is 0 Å². The van der Waals surface area contributed by atoms with Crippen LogP contribution in [-0.2, 0) is 14.8 Å². The first-order chi connectivity index (χ1) is 6.46. The lowest BCUT2D eigenvalue weighted by molar-refractivity contribution is -0.128. The molecular formula is C8H14N2O3S. The Morgan fingerprint density at radius 3 is 2.57 bits per heavy atom. The maximum Gasteiger partial charge on any atom is 0.223 e. The molecule has 1 heterocycles. The first-order valence-electron chi connectivity index (χ1n) is 4.75. The summed E-state index contributed by atoms with van der Waals surface area (Å²) in [5.41, 5.74) is 0. The minimum Gasteiger partial charge on any atom is -0.339 e. The van der Waals surface area contributed by atoms with Crippen molar-refractivity contribution in [3.63, 3.8) is 0 Å². The molecule has 6 heteroatoms. The van der Waals surface area contributed by atoms with Gasteiger partial charge in [0.15, 0.2) is 0 Å². The molecule has 1 atom stereocenters. The molecule has 0 radical (unpaired) electrons. The van der Waals surface area contributed by atoms with Gasteiger partial charge in [-0.15, -0.1) is 0 Å². The lowest BCUT2D eigenvalue weighted by Crippen LogP contribution is -2.29. The molecule has 1 saturated heterocycles. The van der Waals surface area contributed by atoms with Crippen LogP contribution in [0.3, 0.4) is 0 Å². The van der Waals surface area contributed by atoms with Gasteiger partial charge in [-0.05, 0) is 12.8 Å². The van der Waals surface area contributed by atoms with Crippen molar-refractivity contribution in [3.8, 4) is 0 Å². The zero-order chi connectivity index (χ0) is 10.3. The van der Waals surface area contributed by atoms with Gasteiger partial charge in [0.1, 0.15) is 0 Å². The van der Waals surface area contributed by atoms with E-state index in [2.05, 4.69) is 0 Å². The van der Waals surface area contributed by atoms with E-state index in [9.17, 15) is 13.2 Å². The van der Waals surface area contributed by atoms with Gasteiger partial charge in [0.05, 0.1) is 5.75 Å². The summed E-state index contributed by atoms with van der Waals surface area (Å²) >= 11 is 0. The number of nitrogens with two attached hydrogens (primary N) is 1. The van der Waals surface area contributed by atoms with E-state index in [0.29, 0.717) is 19.0 Å². The average molecular weight is 218 g/mol. The lowest BCUT2D eigenvalue weighted by atomic mass is 10.1. The second-order valence-electron chi connectivity index (χ2n) is 4.18. The van der Waals surface area contributed by atoms with Crippen molar-refractivity contribution in [2.45, 2.75) is 25.3 Å². The molecule has 1 saturated carbocycles. The first kappa shape index (κ1) is 9.92. The molecule has 0 aromatic carbocycles. The third-order valence-corrected chi connectivity index (χ3v) is 3.63. The van der Waals surface area contributed by atoms with E-state index < -0.39 is 10.0 Å². The Hall–Kier alpha value is -0.620. The number of likely N-dealkylation sites (tertiary alicyclic amines) is 1. The molecule has 0 aromatic heterocycles. The molecule has 1 amide bonds. The normalized spacial score (nSPS) is 28.5. The number of amides is 1. The van der Waals surface area contributed by atoms with Gasteiger partial charge in [-0.3, -0.25) is 4.79 Å². The molecule has 2 aliphatic rings. The largest absolute Gasteiger partial charge is 0.339 e. The summed E-state index contributed by atoms with van der Waals surface area (Å²) in [6.07, 6.45) is 2.47. The third kappa shape index (κ3) is 2.24. The Labute approximate surface area is 83.3 Å². The van der Waals surface area contributed by atoms with Crippen molar-refractivity contribution >= 4 is 15.9 Å². The predicted molar refractivity (Wildman–Crippen MR) is 50.8 cm³/mol. The Morgan fingerprint density at radius 1 is 1.43 bits per heavy atom. The Morgan fingerprint density at radius 2 is 2.07 bits per heavy atom. The number of hydrogen-bond acceptors (Lipinski definition) is 3. The number of carbonyl (C=O) groups excluding carboxylic acids is 1. The van der Waals surface area contributed by atoms with E-state index >= 15 is 0 Å². The molecule has 2 rings (SSSR count). The fraction of sp³-hybridized carbons (Fsp3) is 0.875. The van der Waals surface area contributed by atoms with Crippen molar-refractivity contribution in [2.75, 3.05) is 12.3 Å². The van der Waals surface area contributed by atoms with Gasteiger partial charge in [0, 0.05) is 24.9 Å². The highest BCUT2D eigenvalue weighted by Crippen LogP contribution is 2.32. The third-order valence-electron chi connectivity index (χ3n) is 2.69. The minimum atomic E-state index is -3.44. The number of rotatable bonds is 3. The van der Waals surface area contributed by atoms with Gasteiger partial charge in [-0.1, -0.05) is 0 Å². The molecule has 0 bridgehead atoms. The molecule has 1 aliphatic heterocycles. The van der Waals surface area contributed by atoms with Crippen molar-refractivity contribution in [1.82, 2.24) is 4.90 Å². The molecular weight excluding hydrogens is 204 g/mol. The Bertz CT molecular complexity index is 348. The summed E-state index contributed by atoms with van der Waals surface area (Å²) in [7, 11) is -3.44. The van der Waals surface area contributed by atoms with Gasteiger partial charge >= 0.3 is 0 Å². The molecule has 14 heavy (non-hydrogen) atoms. The van der Waals surface area contributed by atoms with Crippen LogP contribution in [0, 0.1) is 5.92 Å². The van der Waals surface area contributed by atoms with Crippen LogP contribution in [0.2, 0.25) is 0 Å². The topological polar surface area (TPSA) is 80.5 Å². The second kappa shape index (κ2) is 3.20. The lowest BCUT2D eigenvalue weighted by Gasteiger charge is -2.14. The van der Waals surface area contributed by atoms with Crippen LogP contribution in [-0.4, -0.2) is 37.6 Å². The Kier molecular flexibility index (Phi) is 2.27. The fourth-order valence-electron chi connectivity index (χ4n) is 1.99. The zero-order valence-electron chi connectivity index (χ0n) is 7.85. The first-order valence-corrected chi connectivity index (χ1v) is 6.47. The van der Waals surface area contributed by atoms with Crippen LogP contribution in [0.25, 0.3) is 0 Å². The highest BCUT2D eigenvalue weighted by atomic mass is 32.2. The van der Waals surface area contributed by atoms with Crippen molar-refractivity contribution in [2.24, 2.45) is 11.1 Å². The number of hydrogen-bond donors (Lipinski definition) is 1. The van der Waals surface area contributed by atoms with Gasteiger partial charge in [0.25, 0.3) is 0 Å². The Balaban J connectivity index is 1.95. The monoisotopic (exact) mass is 218 g/mol. The maximum absolute atomic E-state index is 11.4. The van der Waals surface area contributed by atoms with Gasteiger partial charge in [0.2, 0.25) is 15.9 Å². The number of carbonyl (C=O) groups is 1. The molecule has 2 N–H and O–H groups in total. The van der Waals surface area contributed by atoms with Gasteiger partial charge < -0.3 is 4.90 Å². The summed E-state index contributed by atoms with van der Waals surface area (Å²) in [6.45, 7) is 0.569. The van der Waals surface area contributed by atoms with Crippen molar-refractivity contribution < 1.29 is 13.2 Å². The van der Waals surface area contributed by atoms with Crippen LogP contribution >= 0.6 is 0 Å². The summed E-state index contributed by atoms with van der Waals surface area (Å²) in [5, 5.41) is 4.94. The van der Waals surface area contributed by atoms with Gasteiger partial charge in [-0.25, -0.2) is 13.6 Å². The highest BCUT2D eigenvalue weighted by molar-refractivity contribution is 7.89. The van der Waals surface area contributed by atoms with Crippen LogP contribution in [0.1, 0.15) is 19.3 Å². The number of nitrogens with zero attached hydrogens (tertiary/aromatic N) is 1. The minimum absolute atomic E-state index is 0.0675. The van der Waals surface area contributed by atoms with Crippen LogP contribution in [0.15, 0.2) is 0 Å². The SMILES string of the molecule is NS(=O)(=O)CC1CC(=O)N(C2CC2)C1. The maximum atomic E-state index is 11.4. The summed E-state index contributed by atoms with van der Waals surface area (Å²) in [5.74, 6) is -0.0821. The van der Waals surface area contributed by atoms with E-state index in [4.69, 9.17) is 5.14 Å². The fourth-order valence-corrected chi connectivity index (χ4v) is 2.87.